The number of nitrogens with zero attached hydrogens (tertiary/aromatic N) is 1. The molecular formula is C16H18N4O3S. The van der Waals surface area contributed by atoms with Crippen LogP contribution in [-0.2, 0) is 0 Å². The summed E-state index contributed by atoms with van der Waals surface area (Å²) in [5.74, 6) is -1.42. The van der Waals surface area contributed by atoms with Gasteiger partial charge in [-0.15, -0.1) is 0 Å². The minimum atomic E-state index is -0.844. The summed E-state index contributed by atoms with van der Waals surface area (Å²) in [6.45, 7) is 9.11. The Morgan fingerprint density at radius 2 is 2.21 bits per heavy atom. The van der Waals surface area contributed by atoms with Gasteiger partial charge in [-0.3, -0.25) is 9.59 Å². The maximum Gasteiger partial charge on any atom is 0.294 e. The van der Waals surface area contributed by atoms with Crippen LogP contribution in [0.4, 0.5) is 0 Å². The van der Waals surface area contributed by atoms with Crippen molar-refractivity contribution in [2.45, 2.75) is 25.8 Å². The first-order valence-electron chi connectivity index (χ1n) is 7.27. The molecule has 1 unspecified atom stereocenters. The summed E-state index contributed by atoms with van der Waals surface area (Å²) in [6.07, 6.45) is 4.63. The van der Waals surface area contributed by atoms with Crippen LogP contribution >= 0.6 is 12.2 Å². The van der Waals surface area contributed by atoms with Crippen molar-refractivity contribution in [2.75, 3.05) is 0 Å². The van der Waals surface area contributed by atoms with Gasteiger partial charge >= 0.3 is 0 Å². The number of H-pyrrole nitrogens is 1. The topological polar surface area (TPSA) is 107 Å². The molecule has 2 rings (SSSR count). The molecule has 24 heavy (non-hydrogen) atoms. The molecule has 1 aromatic rings. The number of thiocarbonyl (C=S) groups is 1. The molecule has 0 spiro atoms. The predicted molar refractivity (Wildman–Crippen MR) is 94.9 cm³/mol. The standard InChI is InChI=1S/C16H18N4O3S/c1-4-9-6-7-10(8(9)3)18-14(22)11-12(21)15(23)20-13(19-11)16(24)17-5-2/h4-5,10,21H,1-2,6-7H2,3H3,(H,17,24)(H,18,22)(H,19,20,23). The monoisotopic (exact) mass is 346 g/mol. The second-order valence-electron chi connectivity index (χ2n) is 5.27. The second-order valence-corrected chi connectivity index (χ2v) is 5.67. The third kappa shape index (κ3) is 3.43. The van der Waals surface area contributed by atoms with Crippen LogP contribution in [0.3, 0.4) is 0 Å². The molecule has 1 aliphatic rings. The molecule has 8 heteroatoms. The third-order valence-corrected chi connectivity index (χ3v) is 4.15. The Hall–Kier alpha value is -2.74. The van der Waals surface area contributed by atoms with Crippen LogP contribution in [0.2, 0.25) is 0 Å². The van der Waals surface area contributed by atoms with Gasteiger partial charge < -0.3 is 20.7 Å². The van der Waals surface area contributed by atoms with E-state index in [0.29, 0.717) is 0 Å². The highest BCUT2D eigenvalue weighted by molar-refractivity contribution is 7.80. The Kier molecular flexibility index (Phi) is 5.30. The van der Waals surface area contributed by atoms with Crippen molar-refractivity contribution in [1.82, 2.24) is 20.6 Å². The summed E-state index contributed by atoms with van der Waals surface area (Å²) in [4.78, 5) is 30.6. The van der Waals surface area contributed by atoms with Gasteiger partial charge in [0.2, 0.25) is 5.75 Å². The van der Waals surface area contributed by atoms with Gasteiger partial charge in [0.05, 0.1) is 6.04 Å². The minimum Gasteiger partial charge on any atom is -0.501 e. The highest BCUT2D eigenvalue weighted by Gasteiger charge is 2.26. The zero-order chi connectivity index (χ0) is 17.9. The van der Waals surface area contributed by atoms with E-state index in [-0.39, 0.29) is 22.5 Å². The molecule has 0 fully saturated rings. The highest BCUT2D eigenvalue weighted by atomic mass is 32.1. The van der Waals surface area contributed by atoms with Crippen molar-refractivity contribution >= 4 is 23.1 Å². The van der Waals surface area contributed by atoms with E-state index < -0.39 is 17.2 Å². The summed E-state index contributed by atoms with van der Waals surface area (Å²) >= 11 is 5.02. The fourth-order valence-corrected chi connectivity index (χ4v) is 2.68. The van der Waals surface area contributed by atoms with E-state index >= 15 is 0 Å². The van der Waals surface area contributed by atoms with Gasteiger partial charge in [0, 0.05) is 0 Å². The molecule has 0 aliphatic heterocycles. The number of amides is 1. The van der Waals surface area contributed by atoms with Gasteiger partial charge in [0.25, 0.3) is 11.5 Å². The number of aromatic nitrogens is 2. The number of carbonyl (C=O) groups excluding carboxylic acids is 1. The minimum absolute atomic E-state index is 0.0247. The second kappa shape index (κ2) is 7.22. The van der Waals surface area contributed by atoms with Gasteiger partial charge in [-0.1, -0.05) is 31.5 Å². The van der Waals surface area contributed by atoms with Gasteiger partial charge in [0.15, 0.2) is 11.5 Å². The molecule has 1 aliphatic carbocycles. The van der Waals surface area contributed by atoms with Gasteiger partial charge in [0.1, 0.15) is 4.99 Å². The normalized spacial score (nSPS) is 16.6. The van der Waals surface area contributed by atoms with E-state index in [1.54, 1.807) is 6.08 Å². The number of aromatic amines is 1. The smallest absolute Gasteiger partial charge is 0.294 e. The molecule has 1 amide bonds. The number of carbonyl (C=O) groups is 1. The third-order valence-electron chi connectivity index (χ3n) is 3.84. The number of hydrogen-bond donors (Lipinski definition) is 4. The Labute approximate surface area is 144 Å². The molecule has 1 aromatic heterocycles. The molecule has 7 nitrogen and oxygen atoms in total. The summed E-state index contributed by atoms with van der Waals surface area (Å²) in [7, 11) is 0. The van der Waals surface area contributed by atoms with Crippen LogP contribution in [-0.4, -0.2) is 32.0 Å². The van der Waals surface area contributed by atoms with Crippen molar-refractivity contribution in [3.8, 4) is 5.75 Å². The van der Waals surface area contributed by atoms with Crippen LogP contribution in [0, 0.1) is 0 Å². The lowest BCUT2D eigenvalue weighted by molar-refractivity contribution is 0.0934. The summed E-state index contributed by atoms with van der Waals surface area (Å²) in [6, 6.07) is -0.187. The first kappa shape index (κ1) is 17.6. The van der Waals surface area contributed by atoms with Crippen LogP contribution < -0.4 is 16.2 Å². The molecule has 126 valence electrons. The van der Waals surface area contributed by atoms with Gasteiger partial charge in [-0.2, -0.15) is 0 Å². The number of aromatic hydroxyl groups is 1. The number of hydrogen-bond acceptors (Lipinski definition) is 5. The lowest BCUT2D eigenvalue weighted by Crippen LogP contribution is -2.36. The SMILES string of the molecule is C=CNC(=S)c1nc(C(=O)NC2CCC(C=C)=C2C)c(O)c(=O)[nH]1. The Morgan fingerprint density at radius 3 is 2.79 bits per heavy atom. The molecule has 0 bridgehead atoms. The van der Waals surface area contributed by atoms with E-state index in [2.05, 4.69) is 33.8 Å². The number of rotatable bonds is 5. The molecule has 0 radical (unpaired) electrons. The molecular weight excluding hydrogens is 328 g/mol. The lowest BCUT2D eigenvalue weighted by atomic mass is 10.1. The van der Waals surface area contributed by atoms with Crippen molar-refractivity contribution in [3.63, 3.8) is 0 Å². The largest absolute Gasteiger partial charge is 0.501 e. The Bertz CT molecular complexity index is 810. The van der Waals surface area contributed by atoms with Crippen molar-refractivity contribution < 1.29 is 9.90 Å². The average molecular weight is 346 g/mol. The van der Waals surface area contributed by atoms with Gasteiger partial charge in [-0.25, -0.2) is 4.98 Å². The Balaban J connectivity index is 2.31. The highest BCUT2D eigenvalue weighted by Crippen LogP contribution is 2.27. The zero-order valence-electron chi connectivity index (χ0n) is 13.2. The van der Waals surface area contributed by atoms with Crippen LogP contribution in [0.5, 0.6) is 5.75 Å². The van der Waals surface area contributed by atoms with Crippen LogP contribution in [0.1, 0.15) is 36.1 Å². The Morgan fingerprint density at radius 1 is 1.50 bits per heavy atom. The van der Waals surface area contributed by atoms with Crippen LogP contribution in [0.15, 0.2) is 41.4 Å². The van der Waals surface area contributed by atoms with Gasteiger partial charge in [-0.05, 0) is 37.1 Å². The van der Waals surface area contributed by atoms with E-state index in [9.17, 15) is 14.7 Å². The quantitative estimate of drug-likeness (QED) is 0.598. The van der Waals surface area contributed by atoms with Crippen molar-refractivity contribution in [3.05, 3.63) is 58.5 Å². The fraction of sp³-hybridized carbons (Fsp3) is 0.250. The molecule has 1 atom stereocenters. The maximum atomic E-state index is 12.4. The molecule has 1 heterocycles. The van der Waals surface area contributed by atoms with Crippen molar-refractivity contribution in [1.29, 1.82) is 0 Å². The molecule has 0 aromatic carbocycles. The van der Waals surface area contributed by atoms with E-state index in [4.69, 9.17) is 12.2 Å². The zero-order valence-corrected chi connectivity index (χ0v) is 14.0. The summed E-state index contributed by atoms with van der Waals surface area (Å²) in [5, 5.41) is 15.2. The average Bonchev–Trinajstić information content (AvgIpc) is 2.90. The summed E-state index contributed by atoms with van der Waals surface area (Å²) in [5.41, 5.74) is 0.873. The molecule has 4 N–H and O–H groups in total. The molecule has 0 saturated carbocycles. The van der Waals surface area contributed by atoms with Crippen molar-refractivity contribution in [2.24, 2.45) is 0 Å². The number of allylic oxidation sites excluding steroid dienone is 2. The van der Waals surface area contributed by atoms with E-state index in [1.165, 1.54) is 6.20 Å². The summed E-state index contributed by atoms with van der Waals surface area (Å²) < 4.78 is 0. The van der Waals surface area contributed by atoms with E-state index in [0.717, 1.165) is 24.0 Å². The first-order valence-corrected chi connectivity index (χ1v) is 7.67. The molecule has 0 saturated heterocycles. The van der Waals surface area contributed by atoms with E-state index in [1.807, 2.05) is 6.92 Å². The lowest BCUT2D eigenvalue weighted by Gasteiger charge is -2.15. The fourth-order valence-electron chi connectivity index (χ4n) is 2.50. The maximum absolute atomic E-state index is 12.4. The first-order chi connectivity index (χ1) is 11.4. The van der Waals surface area contributed by atoms with Crippen LogP contribution in [0.25, 0.3) is 0 Å². The number of nitrogens with one attached hydrogen (secondary N) is 3. The predicted octanol–water partition coefficient (Wildman–Crippen LogP) is 1.28.